The van der Waals surface area contributed by atoms with Crippen LogP contribution in [-0.2, 0) is 0 Å². The van der Waals surface area contributed by atoms with Gasteiger partial charge in [-0.05, 0) is 39.5 Å². The van der Waals surface area contributed by atoms with Gasteiger partial charge in [0.05, 0.1) is 0 Å². The lowest BCUT2D eigenvalue weighted by molar-refractivity contribution is 0.230. The summed E-state index contributed by atoms with van der Waals surface area (Å²) in [5.74, 6) is 0. The van der Waals surface area contributed by atoms with E-state index >= 15 is 0 Å². The SMILES string of the molecule is CCCCCCCCN(C)CCN(CC)CCC. The van der Waals surface area contributed by atoms with Crippen molar-refractivity contribution in [1.29, 1.82) is 0 Å². The van der Waals surface area contributed by atoms with Crippen LogP contribution in [0.4, 0.5) is 0 Å². The molecule has 18 heavy (non-hydrogen) atoms. The molecule has 0 aliphatic heterocycles. The van der Waals surface area contributed by atoms with Crippen molar-refractivity contribution in [3.8, 4) is 0 Å². The molecule has 0 aromatic rings. The van der Waals surface area contributed by atoms with Gasteiger partial charge in [0.25, 0.3) is 0 Å². The van der Waals surface area contributed by atoms with E-state index in [2.05, 4.69) is 37.6 Å². The summed E-state index contributed by atoms with van der Waals surface area (Å²) < 4.78 is 0. The van der Waals surface area contributed by atoms with E-state index in [0.29, 0.717) is 0 Å². The topological polar surface area (TPSA) is 6.48 Å². The molecule has 0 saturated carbocycles. The van der Waals surface area contributed by atoms with Crippen molar-refractivity contribution < 1.29 is 0 Å². The summed E-state index contributed by atoms with van der Waals surface area (Å²) in [6.45, 7) is 13.0. The molecule has 0 radical (unpaired) electrons. The minimum Gasteiger partial charge on any atom is -0.305 e. The van der Waals surface area contributed by atoms with Gasteiger partial charge in [-0.1, -0.05) is 52.9 Å². The van der Waals surface area contributed by atoms with Gasteiger partial charge in [0.1, 0.15) is 0 Å². The lowest BCUT2D eigenvalue weighted by Crippen LogP contribution is -2.34. The number of rotatable bonds is 13. The first-order chi connectivity index (χ1) is 8.74. The average Bonchev–Trinajstić information content (AvgIpc) is 2.38. The molecule has 0 aromatic heterocycles. The zero-order chi connectivity index (χ0) is 13.6. The minimum absolute atomic E-state index is 1.19. The molecule has 110 valence electrons. The molecule has 0 spiro atoms. The van der Waals surface area contributed by atoms with Crippen LogP contribution < -0.4 is 0 Å². The van der Waals surface area contributed by atoms with Gasteiger partial charge in [-0.2, -0.15) is 0 Å². The Hall–Kier alpha value is -0.0800. The van der Waals surface area contributed by atoms with Crippen molar-refractivity contribution in [2.75, 3.05) is 39.8 Å². The monoisotopic (exact) mass is 256 g/mol. The van der Waals surface area contributed by atoms with E-state index in [9.17, 15) is 0 Å². The Bertz CT molecular complexity index is 159. The lowest BCUT2D eigenvalue weighted by atomic mass is 10.1. The van der Waals surface area contributed by atoms with Gasteiger partial charge in [-0.3, -0.25) is 0 Å². The molecule has 0 aliphatic rings. The van der Waals surface area contributed by atoms with Gasteiger partial charge in [-0.15, -0.1) is 0 Å². The van der Waals surface area contributed by atoms with E-state index in [4.69, 9.17) is 0 Å². The molecule has 0 amide bonds. The largest absolute Gasteiger partial charge is 0.305 e. The smallest absolute Gasteiger partial charge is 0.0109 e. The number of nitrogens with zero attached hydrogens (tertiary/aromatic N) is 2. The van der Waals surface area contributed by atoms with Crippen LogP contribution in [0.1, 0.15) is 65.7 Å². The molecule has 0 fully saturated rings. The van der Waals surface area contributed by atoms with Gasteiger partial charge >= 0.3 is 0 Å². The molecule has 0 atom stereocenters. The van der Waals surface area contributed by atoms with E-state index in [-0.39, 0.29) is 0 Å². The van der Waals surface area contributed by atoms with E-state index in [1.165, 1.54) is 77.7 Å². The summed E-state index contributed by atoms with van der Waals surface area (Å²) >= 11 is 0. The fourth-order valence-electron chi connectivity index (χ4n) is 2.33. The fourth-order valence-corrected chi connectivity index (χ4v) is 2.33. The zero-order valence-electron chi connectivity index (χ0n) is 13.4. The highest BCUT2D eigenvalue weighted by Gasteiger charge is 2.03. The highest BCUT2D eigenvalue weighted by atomic mass is 15.2. The van der Waals surface area contributed by atoms with Crippen molar-refractivity contribution >= 4 is 0 Å². The second-order valence-corrected chi connectivity index (χ2v) is 5.51. The minimum atomic E-state index is 1.19. The standard InChI is InChI=1S/C16H36N2/c1-5-8-9-10-11-12-14-17(4)15-16-18(7-3)13-6-2/h5-16H2,1-4H3. The Morgan fingerprint density at radius 2 is 1.28 bits per heavy atom. The first-order valence-electron chi connectivity index (χ1n) is 8.15. The quantitative estimate of drug-likeness (QED) is 0.459. The maximum atomic E-state index is 2.55. The fraction of sp³-hybridized carbons (Fsp3) is 1.00. The summed E-state index contributed by atoms with van der Waals surface area (Å²) in [5, 5.41) is 0. The molecule has 0 aliphatic carbocycles. The Labute approximate surface area is 116 Å². The number of likely N-dealkylation sites (N-methyl/N-ethyl adjacent to an activating group) is 2. The third kappa shape index (κ3) is 11.0. The molecule has 0 heterocycles. The summed E-state index contributed by atoms with van der Waals surface area (Å²) in [5.41, 5.74) is 0. The molecule has 0 aromatic carbocycles. The van der Waals surface area contributed by atoms with Crippen molar-refractivity contribution in [2.45, 2.75) is 65.7 Å². The van der Waals surface area contributed by atoms with Gasteiger partial charge in [0.2, 0.25) is 0 Å². The summed E-state index contributed by atoms with van der Waals surface area (Å²) in [4.78, 5) is 5.05. The molecule has 2 heteroatoms. The van der Waals surface area contributed by atoms with Crippen molar-refractivity contribution in [1.82, 2.24) is 9.80 Å². The van der Waals surface area contributed by atoms with Gasteiger partial charge in [-0.25, -0.2) is 0 Å². The molecule has 0 rings (SSSR count). The van der Waals surface area contributed by atoms with E-state index in [1.54, 1.807) is 0 Å². The molecule has 0 bridgehead atoms. The van der Waals surface area contributed by atoms with Crippen LogP contribution in [0, 0.1) is 0 Å². The predicted molar refractivity (Wildman–Crippen MR) is 83.3 cm³/mol. The van der Waals surface area contributed by atoms with Crippen LogP contribution in [0.25, 0.3) is 0 Å². The van der Waals surface area contributed by atoms with Gasteiger partial charge in [0, 0.05) is 13.1 Å². The highest BCUT2D eigenvalue weighted by molar-refractivity contribution is 4.59. The molecule has 0 unspecified atom stereocenters. The van der Waals surface area contributed by atoms with Gasteiger partial charge < -0.3 is 9.80 Å². The van der Waals surface area contributed by atoms with Gasteiger partial charge in [0.15, 0.2) is 0 Å². The van der Waals surface area contributed by atoms with Crippen LogP contribution in [0.5, 0.6) is 0 Å². The third-order valence-electron chi connectivity index (χ3n) is 3.68. The highest BCUT2D eigenvalue weighted by Crippen LogP contribution is 2.05. The Morgan fingerprint density at radius 1 is 0.611 bits per heavy atom. The van der Waals surface area contributed by atoms with Crippen LogP contribution in [0.15, 0.2) is 0 Å². The van der Waals surface area contributed by atoms with Crippen LogP contribution in [0.3, 0.4) is 0 Å². The number of unbranched alkanes of at least 4 members (excludes halogenated alkanes) is 5. The molecule has 2 nitrogen and oxygen atoms in total. The van der Waals surface area contributed by atoms with Crippen molar-refractivity contribution in [2.24, 2.45) is 0 Å². The number of hydrogen-bond donors (Lipinski definition) is 0. The van der Waals surface area contributed by atoms with E-state index < -0.39 is 0 Å². The summed E-state index contributed by atoms with van der Waals surface area (Å²) in [7, 11) is 2.27. The third-order valence-corrected chi connectivity index (χ3v) is 3.68. The normalized spacial score (nSPS) is 11.7. The molecule has 0 saturated heterocycles. The summed E-state index contributed by atoms with van der Waals surface area (Å²) in [6.07, 6.45) is 9.69. The Kier molecular flexibility index (Phi) is 13.3. The maximum Gasteiger partial charge on any atom is 0.0109 e. The second-order valence-electron chi connectivity index (χ2n) is 5.51. The second kappa shape index (κ2) is 13.4. The Balaban J connectivity index is 3.38. The van der Waals surface area contributed by atoms with E-state index in [1.807, 2.05) is 0 Å². The van der Waals surface area contributed by atoms with Crippen LogP contribution in [-0.4, -0.2) is 49.6 Å². The van der Waals surface area contributed by atoms with Crippen LogP contribution >= 0.6 is 0 Å². The van der Waals surface area contributed by atoms with Crippen molar-refractivity contribution in [3.63, 3.8) is 0 Å². The molecular formula is C16H36N2. The zero-order valence-corrected chi connectivity index (χ0v) is 13.4. The predicted octanol–water partition coefficient (Wildman–Crippen LogP) is 4.01. The number of hydrogen-bond acceptors (Lipinski definition) is 2. The lowest BCUT2D eigenvalue weighted by Gasteiger charge is -2.23. The molecule has 0 N–H and O–H groups in total. The van der Waals surface area contributed by atoms with E-state index in [0.717, 1.165) is 0 Å². The van der Waals surface area contributed by atoms with Crippen LogP contribution in [0.2, 0.25) is 0 Å². The Morgan fingerprint density at radius 3 is 1.89 bits per heavy atom. The average molecular weight is 256 g/mol. The maximum absolute atomic E-state index is 2.55. The molecular weight excluding hydrogens is 220 g/mol. The van der Waals surface area contributed by atoms with Crippen molar-refractivity contribution in [3.05, 3.63) is 0 Å². The summed E-state index contributed by atoms with van der Waals surface area (Å²) in [6, 6.07) is 0. The first kappa shape index (κ1) is 17.9. The first-order valence-corrected chi connectivity index (χ1v) is 8.15.